The van der Waals surface area contributed by atoms with Gasteiger partial charge in [-0.2, -0.15) is 0 Å². The van der Waals surface area contributed by atoms with Crippen LogP contribution in [0.1, 0.15) is 24.2 Å². The van der Waals surface area contributed by atoms with Crippen LogP contribution in [0.25, 0.3) is 27.5 Å². The minimum absolute atomic E-state index is 0.0144. The number of hydrogen-bond donors (Lipinski definition) is 2. The largest absolute Gasteiger partial charge is 0.477 e. The number of pyridine rings is 2. The maximum Gasteiger partial charge on any atom is 0.341 e. The van der Waals surface area contributed by atoms with Crippen molar-refractivity contribution < 1.29 is 14.3 Å². The number of piperazine rings is 1. The lowest BCUT2D eigenvalue weighted by molar-refractivity contribution is 0.0695. The molecule has 33 heavy (non-hydrogen) atoms. The van der Waals surface area contributed by atoms with Gasteiger partial charge in [-0.15, -0.1) is 0 Å². The molecule has 0 unspecified atom stereocenters. The lowest BCUT2D eigenvalue weighted by atomic mass is 10.1. The minimum Gasteiger partial charge on any atom is -0.477 e. The summed E-state index contributed by atoms with van der Waals surface area (Å²) >= 11 is 0. The summed E-state index contributed by atoms with van der Waals surface area (Å²) in [7, 11) is 0. The minimum atomic E-state index is -1.36. The van der Waals surface area contributed by atoms with Gasteiger partial charge in [0, 0.05) is 42.1 Å². The highest BCUT2D eigenvalue weighted by Gasteiger charge is 2.25. The molecular formula is C25H23FN4O3. The van der Waals surface area contributed by atoms with Crippen molar-refractivity contribution in [1.82, 2.24) is 14.9 Å². The van der Waals surface area contributed by atoms with E-state index in [4.69, 9.17) is 0 Å². The highest BCUT2D eigenvalue weighted by Crippen LogP contribution is 2.29. The quantitative estimate of drug-likeness (QED) is 0.500. The molecule has 2 atom stereocenters. The number of rotatable bonds is 3. The monoisotopic (exact) mass is 446 g/mol. The summed E-state index contributed by atoms with van der Waals surface area (Å²) in [6.45, 7) is 5.30. The van der Waals surface area contributed by atoms with Crippen LogP contribution >= 0.6 is 0 Å². The zero-order chi connectivity index (χ0) is 23.3. The van der Waals surface area contributed by atoms with Crippen LogP contribution in [0.3, 0.4) is 0 Å². The lowest BCUT2D eigenvalue weighted by Gasteiger charge is -2.38. The second kappa shape index (κ2) is 7.97. The van der Waals surface area contributed by atoms with E-state index >= 15 is 4.39 Å². The number of benzene rings is 2. The van der Waals surface area contributed by atoms with Gasteiger partial charge in [-0.3, -0.25) is 9.78 Å². The van der Waals surface area contributed by atoms with Crippen molar-refractivity contribution in [1.29, 1.82) is 0 Å². The fraction of sp³-hybridized carbons (Fsp3) is 0.240. The van der Waals surface area contributed by atoms with E-state index in [1.54, 1.807) is 16.8 Å². The Morgan fingerprint density at radius 2 is 1.88 bits per heavy atom. The van der Waals surface area contributed by atoms with Crippen LogP contribution in [0.5, 0.6) is 0 Å². The van der Waals surface area contributed by atoms with Crippen molar-refractivity contribution >= 4 is 33.5 Å². The fourth-order valence-corrected chi connectivity index (χ4v) is 4.66. The van der Waals surface area contributed by atoms with E-state index < -0.39 is 22.8 Å². The molecule has 0 bridgehead atoms. The molecule has 0 radical (unpaired) electrons. The molecule has 4 aromatic rings. The molecule has 3 heterocycles. The molecule has 1 aliphatic rings. The third kappa shape index (κ3) is 3.72. The first-order chi connectivity index (χ1) is 15.8. The summed E-state index contributed by atoms with van der Waals surface area (Å²) in [6.07, 6.45) is 2.92. The van der Waals surface area contributed by atoms with Gasteiger partial charge in [0.05, 0.1) is 28.6 Å². The summed E-state index contributed by atoms with van der Waals surface area (Å²) in [5.41, 5.74) is 1.05. The molecule has 2 N–H and O–H groups in total. The molecule has 0 saturated carbocycles. The van der Waals surface area contributed by atoms with E-state index in [9.17, 15) is 14.7 Å². The maximum atomic E-state index is 15.2. The summed E-state index contributed by atoms with van der Waals surface area (Å²) < 4.78 is 16.9. The fourth-order valence-electron chi connectivity index (χ4n) is 4.66. The number of carboxylic acid groups (broad SMARTS) is 1. The molecular weight excluding hydrogens is 423 g/mol. The molecule has 8 heteroatoms. The van der Waals surface area contributed by atoms with Crippen molar-refractivity contribution in [2.24, 2.45) is 0 Å². The number of aromatic nitrogens is 2. The van der Waals surface area contributed by atoms with Gasteiger partial charge >= 0.3 is 5.97 Å². The van der Waals surface area contributed by atoms with Crippen LogP contribution < -0.4 is 15.6 Å². The van der Waals surface area contributed by atoms with Gasteiger partial charge in [-0.05, 0) is 38.1 Å². The number of para-hydroxylation sites is 1. The van der Waals surface area contributed by atoms with Crippen LogP contribution in [-0.2, 0) is 0 Å². The first kappa shape index (κ1) is 21.1. The number of carboxylic acids is 1. The van der Waals surface area contributed by atoms with E-state index in [1.807, 2.05) is 49.1 Å². The van der Waals surface area contributed by atoms with Crippen LogP contribution in [-0.4, -0.2) is 45.8 Å². The second-order valence-corrected chi connectivity index (χ2v) is 8.63. The third-order valence-corrected chi connectivity index (χ3v) is 6.05. The Kier molecular flexibility index (Phi) is 5.09. The van der Waals surface area contributed by atoms with Gasteiger partial charge in [-0.1, -0.05) is 18.2 Å². The number of carbonyl (C=O) groups is 1. The number of anilines is 1. The van der Waals surface area contributed by atoms with E-state index in [0.717, 1.165) is 17.0 Å². The van der Waals surface area contributed by atoms with Crippen LogP contribution in [0.2, 0.25) is 0 Å². The maximum absolute atomic E-state index is 15.2. The zero-order valence-electron chi connectivity index (χ0n) is 18.2. The molecule has 0 spiro atoms. The smallest absolute Gasteiger partial charge is 0.341 e. The number of aromatic carboxylic acids is 1. The standard InChI is InChI=1S/C25H23FN4O3/c1-14-11-29(12-15(2)28-14)23-9-22-18(8-20(23)26)24(31)19(25(32)33)13-30(22)17-7-16-5-3-4-6-21(16)27-10-17/h3-10,13-15,28H,11-12H2,1-2H3,(H,32,33)/t14-,15+. The lowest BCUT2D eigenvalue weighted by Crippen LogP contribution is -2.54. The zero-order valence-corrected chi connectivity index (χ0v) is 18.2. The Labute approximate surface area is 189 Å². The predicted octanol–water partition coefficient (Wildman–Crippen LogP) is 3.56. The van der Waals surface area contributed by atoms with E-state index in [0.29, 0.717) is 30.0 Å². The van der Waals surface area contributed by atoms with Gasteiger partial charge in [-0.25, -0.2) is 9.18 Å². The molecule has 0 aliphatic carbocycles. The van der Waals surface area contributed by atoms with Crippen molar-refractivity contribution in [3.05, 3.63) is 76.5 Å². The van der Waals surface area contributed by atoms with Crippen molar-refractivity contribution in [3.8, 4) is 5.69 Å². The van der Waals surface area contributed by atoms with Crippen LogP contribution in [0.4, 0.5) is 10.1 Å². The first-order valence-electron chi connectivity index (χ1n) is 10.8. The van der Waals surface area contributed by atoms with Crippen LogP contribution in [0.15, 0.2) is 59.7 Å². The van der Waals surface area contributed by atoms with E-state index in [-0.39, 0.29) is 17.5 Å². The van der Waals surface area contributed by atoms with Gasteiger partial charge < -0.3 is 19.9 Å². The Balaban J connectivity index is 1.78. The van der Waals surface area contributed by atoms with Gasteiger partial charge in [0.2, 0.25) is 5.43 Å². The van der Waals surface area contributed by atoms with Crippen LogP contribution in [0, 0.1) is 5.82 Å². The Morgan fingerprint density at radius 1 is 1.15 bits per heavy atom. The third-order valence-electron chi connectivity index (χ3n) is 6.05. The highest BCUT2D eigenvalue weighted by molar-refractivity contribution is 5.94. The molecule has 1 aliphatic heterocycles. The highest BCUT2D eigenvalue weighted by atomic mass is 19.1. The van der Waals surface area contributed by atoms with Gasteiger partial charge in [0.25, 0.3) is 0 Å². The number of nitrogens with zero attached hydrogens (tertiary/aromatic N) is 3. The molecule has 5 rings (SSSR count). The average molecular weight is 446 g/mol. The summed E-state index contributed by atoms with van der Waals surface area (Å²) in [5, 5.41) is 13.9. The Morgan fingerprint density at radius 3 is 2.61 bits per heavy atom. The summed E-state index contributed by atoms with van der Waals surface area (Å²) in [4.78, 5) is 31.1. The molecule has 1 fully saturated rings. The molecule has 7 nitrogen and oxygen atoms in total. The normalized spacial score (nSPS) is 18.7. The van der Waals surface area contributed by atoms with E-state index in [1.165, 1.54) is 6.20 Å². The van der Waals surface area contributed by atoms with Crippen molar-refractivity contribution in [3.63, 3.8) is 0 Å². The molecule has 2 aromatic heterocycles. The number of hydrogen-bond acceptors (Lipinski definition) is 5. The molecule has 1 saturated heterocycles. The average Bonchev–Trinajstić information content (AvgIpc) is 2.78. The van der Waals surface area contributed by atoms with E-state index in [2.05, 4.69) is 10.3 Å². The molecule has 0 amide bonds. The summed E-state index contributed by atoms with van der Waals surface area (Å²) in [6, 6.07) is 12.6. The van der Waals surface area contributed by atoms with Gasteiger partial charge in [0.1, 0.15) is 11.4 Å². The number of fused-ring (bicyclic) bond motifs is 2. The van der Waals surface area contributed by atoms with Gasteiger partial charge in [0.15, 0.2) is 0 Å². The number of halogens is 1. The van der Waals surface area contributed by atoms with Crippen molar-refractivity contribution in [2.75, 3.05) is 18.0 Å². The second-order valence-electron chi connectivity index (χ2n) is 8.63. The molecule has 2 aromatic carbocycles. The Hall–Kier alpha value is -3.78. The van der Waals surface area contributed by atoms with Crippen molar-refractivity contribution in [2.45, 2.75) is 25.9 Å². The SMILES string of the molecule is C[C@@H]1CN(c2cc3c(cc2F)c(=O)c(C(=O)O)cn3-c2cnc3ccccc3c2)C[C@H](C)N1. The molecule has 168 valence electrons. The predicted molar refractivity (Wildman–Crippen MR) is 126 cm³/mol. The topological polar surface area (TPSA) is 87.5 Å². The first-order valence-corrected chi connectivity index (χ1v) is 10.8. The number of nitrogens with one attached hydrogen (secondary N) is 1. The summed E-state index contributed by atoms with van der Waals surface area (Å²) in [5.74, 6) is -1.91. The Bertz CT molecular complexity index is 1460.